The summed E-state index contributed by atoms with van der Waals surface area (Å²) in [6.45, 7) is 14.7. The fourth-order valence-electron chi connectivity index (χ4n) is 2.89. The number of hydrogen-bond donors (Lipinski definition) is 2. The van der Waals surface area contributed by atoms with Crippen molar-refractivity contribution in [3.05, 3.63) is 84.5 Å². The monoisotopic (exact) mass is 570 g/mol. The standard InChI is InChI=1S/C16H20O5.C15H18O5/c1-11(2)15(18)21-10-9-20-13-7-5-12(6-8-13)14(17)16(3,4)19;1-4-13(16)20-10-9-19-12-7-5-11(6-8-12)14(17)15(2,3)18/h5-8,19H,1,9-10H2,2-4H3;4-8,18H,1,9-10H2,2-3H3. The molecule has 0 saturated carbocycles. The molecule has 2 N–H and O–H groups in total. The van der Waals surface area contributed by atoms with Crippen molar-refractivity contribution < 1.29 is 48.3 Å². The fraction of sp³-hybridized carbons (Fsp3) is 0.355. The Morgan fingerprint density at radius 2 is 1.07 bits per heavy atom. The minimum absolute atomic E-state index is 0.120. The van der Waals surface area contributed by atoms with Crippen LogP contribution in [0.5, 0.6) is 11.5 Å². The molecule has 10 nitrogen and oxygen atoms in total. The minimum Gasteiger partial charge on any atom is -0.490 e. The molecule has 0 saturated heterocycles. The number of carbonyl (C=O) groups excluding carboxylic acids is 4. The molecule has 0 radical (unpaired) electrons. The van der Waals surface area contributed by atoms with Crippen molar-refractivity contribution in [1.29, 1.82) is 0 Å². The van der Waals surface area contributed by atoms with Crippen molar-refractivity contribution in [2.75, 3.05) is 26.4 Å². The van der Waals surface area contributed by atoms with Crippen LogP contribution in [-0.2, 0) is 19.1 Å². The number of rotatable bonds is 14. The van der Waals surface area contributed by atoms with Gasteiger partial charge in [-0.05, 0) is 83.1 Å². The van der Waals surface area contributed by atoms with Gasteiger partial charge in [-0.2, -0.15) is 0 Å². The first-order chi connectivity index (χ1) is 19.1. The molecule has 41 heavy (non-hydrogen) atoms. The zero-order chi connectivity index (χ0) is 31.2. The smallest absolute Gasteiger partial charge is 0.333 e. The zero-order valence-corrected chi connectivity index (χ0v) is 24.1. The topological polar surface area (TPSA) is 146 Å². The third-order valence-corrected chi connectivity index (χ3v) is 5.04. The Balaban J connectivity index is 0.000000410. The molecule has 2 rings (SSSR count). The van der Waals surface area contributed by atoms with Gasteiger partial charge < -0.3 is 29.2 Å². The molecular formula is C31H38O10. The van der Waals surface area contributed by atoms with E-state index in [1.165, 1.54) is 27.7 Å². The Morgan fingerprint density at radius 1 is 0.707 bits per heavy atom. The van der Waals surface area contributed by atoms with Gasteiger partial charge in [0.1, 0.15) is 49.1 Å². The van der Waals surface area contributed by atoms with Crippen LogP contribution in [0.3, 0.4) is 0 Å². The van der Waals surface area contributed by atoms with E-state index in [1.54, 1.807) is 55.5 Å². The first-order valence-electron chi connectivity index (χ1n) is 12.7. The zero-order valence-electron chi connectivity index (χ0n) is 24.1. The molecule has 0 bridgehead atoms. The van der Waals surface area contributed by atoms with E-state index in [1.807, 2.05) is 0 Å². The van der Waals surface area contributed by atoms with Gasteiger partial charge in [-0.1, -0.05) is 13.2 Å². The average molecular weight is 571 g/mol. The van der Waals surface area contributed by atoms with Crippen molar-refractivity contribution in [1.82, 2.24) is 0 Å². The molecule has 2 aromatic rings. The predicted molar refractivity (Wildman–Crippen MR) is 152 cm³/mol. The Morgan fingerprint density at radius 3 is 1.39 bits per heavy atom. The van der Waals surface area contributed by atoms with Crippen LogP contribution in [0.2, 0.25) is 0 Å². The molecule has 222 valence electrons. The number of Topliss-reactive ketones (excluding diaryl/α,β-unsaturated/α-hetero) is 2. The SMILES string of the molecule is C=C(C)C(=O)OCCOc1ccc(C(=O)C(C)(C)O)cc1.C=CC(=O)OCCOc1ccc(C(=O)C(C)(C)O)cc1. The molecule has 2 aromatic carbocycles. The maximum absolute atomic E-state index is 11.8. The van der Waals surface area contributed by atoms with Crippen molar-refractivity contribution in [3.8, 4) is 11.5 Å². The van der Waals surface area contributed by atoms with Gasteiger partial charge in [0.05, 0.1) is 0 Å². The molecule has 0 spiro atoms. The highest BCUT2D eigenvalue weighted by Crippen LogP contribution is 2.18. The highest BCUT2D eigenvalue weighted by Gasteiger charge is 2.25. The van der Waals surface area contributed by atoms with Crippen LogP contribution in [-0.4, -0.2) is 71.3 Å². The van der Waals surface area contributed by atoms with Gasteiger partial charge in [-0.15, -0.1) is 0 Å². The fourth-order valence-corrected chi connectivity index (χ4v) is 2.89. The van der Waals surface area contributed by atoms with Crippen molar-refractivity contribution in [2.24, 2.45) is 0 Å². The van der Waals surface area contributed by atoms with E-state index in [9.17, 15) is 29.4 Å². The number of aliphatic hydroxyl groups is 2. The van der Waals surface area contributed by atoms with Crippen LogP contribution in [0.4, 0.5) is 0 Å². The third-order valence-electron chi connectivity index (χ3n) is 5.04. The van der Waals surface area contributed by atoms with E-state index >= 15 is 0 Å². The number of carbonyl (C=O) groups is 4. The third kappa shape index (κ3) is 13.1. The summed E-state index contributed by atoms with van der Waals surface area (Å²) in [5.41, 5.74) is -1.66. The normalized spacial score (nSPS) is 10.8. The molecule has 10 heteroatoms. The Hall–Kier alpha value is -4.28. The summed E-state index contributed by atoms with van der Waals surface area (Å²) in [5.74, 6) is -0.571. The largest absolute Gasteiger partial charge is 0.490 e. The van der Waals surface area contributed by atoms with Gasteiger partial charge in [0.2, 0.25) is 0 Å². The van der Waals surface area contributed by atoms with Crippen LogP contribution in [0.25, 0.3) is 0 Å². The number of hydrogen-bond acceptors (Lipinski definition) is 10. The molecule has 0 aromatic heterocycles. The van der Waals surface area contributed by atoms with Crippen LogP contribution in [0, 0.1) is 0 Å². The summed E-state index contributed by atoms with van der Waals surface area (Å²) in [6.07, 6.45) is 1.08. The molecule has 0 unspecified atom stereocenters. The maximum Gasteiger partial charge on any atom is 0.333 e. The predicted octanol–water partition coefficient (Wildman–Crippen LogP) is 3.89. The maximum atomic E-state index is 11.8. The molecular weight excluding hydrogens is 532 g/mol. The number of benzene rings is 2. The van der Waals surface area contributed by atoms with Crippen LogP contribution < -0.4 is 9.47 Å². The van der Waals surface area contributed by atoms with Gasteiger partial charge in [-0.25, -0.2) is 9.59 Å². The summed E-state index contributed by atoms with van der Waals surface area (Å²) in [5, 5.41) is 19.3. The molecule has 0 amide bonds. The first-order valence-corrected chi connectivity index (χ1v) is 12.7. The van der Waals surface area contributed by atoms with Crippen LogP contribution in [0.15, 0.2) is 73.3 Å². The van der Waals surface area contributed by atoms with E-state index in [2.05, 4.69) is 13.2 Å². The second-order valence-corrected chi connectivity index (χ2v) is 9.81. The van der Waals surface area contributed by atoms with Gasteiger partial charge in [0.15, 0.2) is 11.6 Å². The molecule has 0 fully saturated rings. The van der Waals surface area contributed by atoms with Gasteiger partial charge >= 0.3 is 11.9 Å². The van der Waals surface area contributed by atoms with Gasteiger partial charge in [0, 0.05) is 22.8 Å². The second kappa shape index (κ2) is 16.1. The lowest BCUT2D eigenvalue weighted by molar-refractivity contribution is -0.140. The summed E-state index contributed by atoms with van der Waals surface area (Å²) in [6, 6.07) is 12.8. The average Bonchev–Trinajstić information content (AvgIpc) is 2.92. The van der Waals surface area contributed by atoms with Gasteiger partial charge in [-0.3, -0.25) is 9.59 Å². The van der Waals surface area contributed by atoms with Crippen molar-refractivity contribution in [2.45, 2.75) is 45.8 Å². The first kappa shape index (κ1) is 34.7. The van der Waals surface area contributed by atoms with E-state index in [4.69, 9.17) is 18.9 Å². The molecule has 0 aliphatic rings. The quantitative estimate of drug-likeness (QED) is 0.148. The Bertz CT molecular complexity index is 1200. The molecule has 0 atom stereocenters. The summed E-state index contributed by atoms with van der Waals surface area (Å²) < 4.78 is 20.3. The highest BCUT2D eigenvalue weighted by atomic mass is 16.6. The Labute approximate surface area is 240 Å². The van der Waals surface area contributed by atoms with E-state index in [0.717, 1.165) is 6.08 Å². The lowest BCUT2D eigenvalue weighted by Gasteiger charge is -2.15. The lowest BCUT2D eigenvalue weighted by atomic mass is 9.97. The van der Waals surface area contributed by atoms with Crippen LogP contribution in [0.1, 0.15) is 55.3 Å². The molecule has 0 aliphatic heterocycles. The Kier molecular flexibility index (Phi) is 13.6. The van der Waals surface area contributed by atoms with E-state index < -0.39 is 23.1 Å². The second-order valence-electron chi connectivity index (χ2n) is 9.81. The molecule has 0 aliphatic carbocycles. The van der Waals surface area contributed by atoms with Gasteiger partial charge in [0.25, 0.3) is 0 Å². The summed E-state index contributed by atoms with van der Waals surface area (Å²) in [4.78, 5) is 45.5. The number of esters is 2. The lowest BCUT2D eigenvalue weighted by Crippen LogP contribution is -2.30. The van der Waals surface area contributed by atoms with Crippen molar-refractivity contribution >= 4 is 23.5 Å². The number of ketones is 2. The van der Waals surface area contributed by atoms with E-state index in [0.29, 0.717) is 28.2 Å². The molecule has 0 heterocycles. The summed E-state index contributed by atoms with van der Waals surface area (Å²) >= 11 is 0. The highest BCUT2D eigenvalue weighted by molar-refractivity contribution is 6.02. The minimum atomic E-state index is -1.40. The van der Waals surface area contributed by atoms with Crippen LogP contribution >= 0.6 is 0 Å². The summed E-state index contributed by atoms with van der Waals surface area (Å²) in [7, 11) is 0. The van der Waals surface area contributed by atoms with Crippen molar-refractivity contribution in [3.63, 3.8) is 0 Å². The van der Waals surface area contributed by atoms with E-state index in [-0.39, 0.29) is 38.0 Å². The number of ether oxygens (including phenoxy) is 4.